The fraction of sp³-hybridized carbons (Fsp3) is 0.296. The van der Waals surface area contributed by atoms with E-state index < -0.39 is 11.6 Å². The maximum absolute atomic E-state index is 12.9. The Hall–Kier alpha value is -2.95. The lowest BCUT2D eigenvalue weighted by Gasteiger charge is -2.35. The Balaban J connectivity index is 1.50. The Morgan fingerprint density at radius 2 is 1.42 bits per heavy atom. The van der Waals surface area contributed by atoms with E-state index in [0.717, 1.165) is 25.9 Å². The van der Waals surface area contributed by atoms with Crippen LogP contribution in [0.4, 0.5) is 0 Å². The molecule has 3 atom stereocenters. The van der Waals surface area contributed by atoms with Gasteiger partial charge in [0.05, 0.1) is 6.10 Å². The molecule has 2 fully saturated rings. The van der Waals surface area contributed by atoms with Gasteiger partial charge in [0.25, 0.3) is 0 Å². The summed E-state index contributed by atoms with van der Waals surface area (Å²) in [6, 6.07) is 29.5. The van der Waals surface area contributed by atoms with Gasteiger partial charge >= 0.3 is 5.97 Å². The van der Waals surface area contributed by atoms with E-state index in [1.807, 2.05) is 66.7 Å². The minimum Gasteiger partial charge on any atom is -0.479 e. The minimum atomic E-state index is -1.52. The maximum Gasteiger partial charge on any atom is 0.345 e. The summed E-state index contributed by atoms with van der Waals surface area (Å²) in [4.78, 5) is 15.3. The van der Waals surface area contributed by atoms with E-state index in [4.69, 9.17) is 4.74 Å². The number of piperidine rings is 1. The van der Waals surface area contributed by atoms with Crippen molar-refractivity contribution in [1.82, 2.24) is 4.90 Å². The summed E-state index contributed by atoms with van der Waals surface area (Å²) in [5.74, 6) is -0.620. The van der Waals surface area contributed by atoms with Gasteiger partial charge in [0.2, 0.25) is 5.60 Å². The molecule has 3 aromatic rings. The first kappa shape index (κ1) is 20.0. The van der Waals surface area contributed by atoms with Crippen LogP contribution in [-0.2, 0) is 21.7 Å². The number of fused-ring (bicyclic) bond motifs is 2. The van der Waals surface area contributed by atoms with Crippen molar-refractivity contribution in [1.29, 1.82) is 0 Å². The first-order valence-electron chi connectivity index (χ1n) is 11.0. The molecule has 0 aromatic heterocycles. The highest BCUT2D eigenvalue weighted by molar-refractivity contribution is 5.84. The number of carboxylic acids is 1. The van der Waals surface area contributed by atoms with Crippen LogP contribution in [0.25, 0.3) is 0 Å². The second-order valence-electron chi connectivity index (χ2n) is 8.62. The standard InChI is InChI=1S/C27H27NO3/c29-26(30)27(22-12-6-2-7-13-22,23-14-8-3-9-15-23)31-25-21-16-17-24(25)28(19-21)18-20-10-4-1-5-11-20/h1-15,21,24-25H,16-19H2,(H,29,30). The number of rotatable bonds is 7. The highest BCUT2D eigenvalue weighted by Gasteiger charge is 2.54. The zero-order valence-electron chi connectivity index (χ0n) is 17.4. The van der Waals surface area contributed by atoms with Crippen LogP contribution in [0.2, 0.25) is 0 Å². The van der Waals surface area contributed by atoms with Crippen LogP contribution in [0.1, 0.15) is 29.5 Å². The van der Waals surface area contributed by atoms with E-state index in [-0.39, 0.29) is 12.1 Å². The van der Waals surface area contributed by atoms with Gasteiger partial charge < -0.3 is 9.84 Å². The highest BCUT2D eigenvalue weighted by Crippen LogP contribution is 2.46. The fourth-order valence-electron chi connectivity index (χ4n) is 5.37. The molecular weight excluding hydrogens is 386 g/mol. The Labute approximate surface area is 183 Å². The average molecular weight is 414 g/mol. The van der Waals surface area contributed by atoms with Crippen molar-refractivity contribution >= 4 is 5.97 Å². The summed E-state index contributed by atoms with van der Waals surface area (Å²) in [5.41, 5.74) is 1.09. The van der Waals surface area contributed by atoms with Gasteiger partial charge in [-0.05, 0) is 35.4 Å². The van der Waals surface area contributed by atoms with Crippen LogP contribution in [0, 0.1) is 5.92 Å². The SMILES string of the molecule is O=C(O)C(OC1C2CCC1N(Cc1ccccc1)C2)(c1ccccc1)c1ccccc1. The summed E-state index contributed by atoms with van der Waals surface area (Å²) < 4.78 is 6.75. The van der Waals surface area contributed by atoms with Crippen molar-refractivity contribution in [3.05, 3.63) is 108 Å². The first-order chi connectivity index (χ1) is 15.2. The van der Waals surface area contributed by atoms with Crippen molar-refractivity contribution in [3.8, 4) is 0 Å². The van der Waals surface area contributed by atoms with Gasteiger partial charge in [-0.15, -0.1) is 0 Å². The summed E-state index contributed by atoms with van der Waals surface area (Å²) in [6.07, 6.45) is 2.02. The second-order valence-corrected chi connectivity index (χ2v) is 8.62. The van der Waals surface area contributed by atoms with Crippen LogP contribution < -0.4 is 0 Å². The van der Waals surface area contributed by atoms with Crippen molar-refractivity contribution in [2.75, 3.05) is 6.54 Å². The lowest BCUT2D eigenvalue weighted by Crippen LogP contribution is -2.46. The summed E-state index contributed by atoms with van der Waals surface area (Å²) in [6.45, 7) is 1.82. The van der Waals surface area contributed by atoms with Crippen LogP contribution in [-0.4, -0.2) is 34.7 Å². The third-order valence-corrected chi connectivity index (χ3v) is 6.82. The van der Waals surface area contributed by atoms with Gasteiger partial charge in [-0.25, -0.2) is 4.79 Å². The van der Waals surface area contributed by atoms with Gasteiger partial charge in [0.15, 0.2) is 0 Å². The smallest absolute Gasteiger partial charge is 0.345 e. The molecule has 31 heavy (non-hydrogen) atoms. The normalized spacial score (nSPS) is 23.2. The Bertz CT molecular complexity index is 983. The van der Waals surface area contributed by atoms with E-state index in [0.29, 0.717) is 17.0 Å². The van der Waals surface area contributed by atoms with Crippen molar-refractivity contribution in [2.24, 2.45) is 5.92 Å². The fourth-order valence-corrected chi connectivity index (χ4v) is 5.37. The lowest BCUT2D eigenvalue weighted by atomic mass is 9.85. The molecule has 1 aliphatic carbocycles. The van der Waals surface area contributed by atoms with Gasteiger partial charge in [0.1, 0.15) is 0 Å². The number of carbonyl (C=O) groups is 1. The Kier molecular flexibility index (Phi) is 5.34. The predicted octanol–water partition coefficient (Wildman–Crippen LogP) is 4.69. The van der Waals surface area contributed by atoms with Gasteiger partial charge in [-0.3, -0.25) is 4.90 Å². The molecule has 0 amide bonds. The van der Waals surface area contributed by atoms with Crippen LogP contribution >= 0.6 is 0 Å². The molecule has 3 unspecified atom stereocenters. The van der Waals surface area contributed by atoms with Crippen molar-refractivity contribution in [2.45, 2.75) is 37.1 Å². The molecule has 1 N–H and O–H groups in total. The van der Waals surface area contributed by atoms with Crippen molar-refractivity contribution < 1.29 is 14.6 Å². The van der Waals surface area contributed by atoms with E-state index in [2.05, 4.69) is 29.2 Å². The maximum atomic E-state index is 12.9. The number of hydrogen-bond acceptors (Lipinski definition) is 3. The summed E-state index contributed by atoms with van der Waals surface area (Å²) >= 11 is 0. The van der Waals surface area contributed by atoms with Crippen LogP contribution in [0.3, 0.4) is 0 Å². The third kappa shape index (κ3) is 3.56. The van der Waals surface area contributed by atoms with E-state index in [1.54, 1.807) is 0 Å². The molecule has 2 bridgehead atoms. The number of likely N-dealkylation sites (tertiary alicyclic amines) is 1. The average Bonchev–Trinajstić information content (AvgIpc) is 3.35. The van der Waals surface area contributed by atoms with E-state index in [9.17, 15) is 9.90 Å². The molecule has 4 heteroatoms. The molecule has 1 aliphatic heterocycles. The number of hydrogen-bond donors (Lipinski definition) is 1. The topological polar surface area (TPSA) is 49.8 Å². The monoisotopic (exact) mass is 413 g/mol. The highest BCUT2D eigenvalue weighted by atomic mass is 16.5. The molecule has 1 heterocycles. The molecule has 1 saturated carbocycles. The molecule has 158 valence electrons. The molecule has 2 aliphatic rings. The molecule has 5 rings (SSSR count). The molecule has 1 saturated heterocycles. The van der Waals surface area contributed by atoms with Gasteiger partial charge in [-0.1, -0.05) is 91.0 Å². The number of aliphatic carboxylic acids is 1. The first-order valence-corrected chi connectivity index (χ1v) is 11.0. The summed E-state index contributed by atoms with van der Waals surface area (Å²) in [7, 11) is 0. The number of benzene rings is 3. The molecule has 4 nitrogen and oxygen atoms in total. The Morgan fingerprint density at radius 3 is 1.97 bits per heavy atom. The number of nitrogens with zero attached hydrogens (tertiary/aromatic N) is 1. The van der Waals surface area contributed by atoms with Gasteiger partial charge in [-0.2, -0.15) is 0 Å². The summed E-state index contributed by atoms with van der Waals surface area (Å²) in [5, 5.41) is 10.5. The second kappa shape index (κ2) is 8.29. The van der Waals surface area contributed by atoms with Crippen LogP contribution in [0.5, 0.6) is 0 Å². The predicted molar refractivity (Wildman–Crippen MR) is 120 cm³/mol. The van der Waals surface area contributed by atoms with E-state index in [1.165, 1.54) is 5.56 Å². The number of carboxylic acid groups (broad SMARTS) is 1. The minimum absolute atomic E-state index is 0.111. The van der Waals surface area contributed by atoms with E-state index >= 15 is 0 Å². The quantitative estimate of drug-likeness (QED) is 0.610. The van der Waals surface area contributed by atoms with Crippen LogP contribution in [0.15, 0.2) is 91.0 Å². The largest absolute Gasteiger partial charge is 0.479 e. The lowest BCUT2D eigenvalue weighted by molar-refractivity contribution is -0.171. The third-order valence-electron chi connectivity index (χ3n) is 6.82. The molecule has 3 aromatic carbocycles. The zero-order chi connectivity index (χ0) is 21.3. The zero-order valence-corrected chi connectivity index (χ0v) is 17.4. The van der Waals surface area contributed by atoms with Gasteiger partial charge in [0, 0.05) is 19.1 Å². The molecule has 0 radical (unpaired) electrons. The molecule has 0 spiro atoms. The molecular formula is C27H27NO3. The van der Waals surface area contributed by atoms with Crippen molar-refractivity contribution in [3.63, 3.8) is 0 Å². The Morgan fingerprint density at radius 1 is 0.871 bits per heavy atom. The number of ether oxygens (including phenoxy) is 1.